The molecule has 0 aliphatic rings. The van der Waals surface area contributed by atoms with E-state index < -0.39 is 0 Å². The fraction of sp³-hybridized carbons (Fsp3) is 0.167. The maximum Gasteiger partial charge on any atom is 0.233 e. The van der Waals surface area contributed by atoms with Crippen LogP contribution >= 0.6 is 23.4 Å². The lowest BCUT2D eigenvalue weighted by atomic mass is 10.2. The number of halogens is 1. The van der Waals surface area contributed by atoms with Crippen LogP contribution in [0.2, 0.25) is 5.02 Å². The second kappa shape index (κ2) is 7.01. The normalized spacial score (nSPS) is 11.3. The van der Waals surface area contributed by atoms with Crippen LogP contribution in [0.3, 0.4) is 0 Å². The molecule has 0 saturated carbocycles. The van der Waals surface area contributed by atoms with Gasteiger partial charge in [-0.15, -0.1) is 5.10 Å². The maximum atomic E-state index is 12.5. The van der Waals surface area contributed by atoms with E-state index in [0.717, 1.165) is 21.8 Å². The minimum Gasteiger partial charge on any atom is -0.341 e. The Morgan fingerprint density at radius 1 is 1.27 bits per heavy atom. The molecule has 0 spiro atoms. The number of hydrogen-bond acceptors (Lipinski definition) is 4. The average molecular weight is 386 g/mol. The molecule has 4 aromatic rings. The lowest BCUT2D eigenvalue weighted by Crippen LogP contribution is -2.27. The Balaban J connectivity index is 1.46. The van der Waals surface area contributed by atoms with E-state index in [-0.39, 0.29) is 5.91 Å². The van der Waals surface area contributed by atoms with Crippen molar-refractivity contribution in [3.8, 4) is 0 Å². The van der Waals surface area contributed by atoms with Gasteiger partial charge in [-0.3, -0.25) is 9.20 Å². The fourth-order valence-corrected chi connectivity index (χ4v) is 3.88. The van der Waals surface area contributed by atoms with Crippen molar-refractivity contribution < 1.29 is 4.79 Å². The molecule has 1 N–H and O–H groups in total. The lowest BCUT2D eigenvalue weighted by molar-refractivity contribution is -0.127. The predicted octanol–water partition coefficient (Wildman–Crippen LogP) is 3.61. The number of carbonyl (C=O) groups excluding carboxylic acids is 1. The number of aromatic amines is 1. The summed E-state index contributed by atoms with van der Waals surface area (Å²) in [4.78, 5) is 18.6. The lowest BCUT2D eigenvalue weighted by Gasteiger charge is -2.17. The first-order valence-electron chi connectivity index (χ1n) is 8.04. The fourth-order valence-electron chi connectivity index (χ4n) is 2.77. The van der Waals surface area contributed by atoms with Gasteiger partial charge in [-0.2, -0.15) is 0 Å². The molecule has 2 aromatic heterocycles. The third kappa shape index (κ3) is 3.27. The van der Waals surface area contributed by atoms with E-state index in [9.17, 15) is 4.79 Å². The molecular weight excluding hydrogens is 370 g/mol. The minimum absolute atomic E-state index is 0.0237. The van der Waals surface area contributed by atoms with Crippen molar-refractivity contribution >= 4 is 46.1 Å². The molecule has 132 valence electrons. The number of nitrogens with one attached hydrogen (secondary N) is 1. The topological polar surface area (TPSA) is 66.3 Å². The molecule has 6 nitrogen and oxygen atoms in total. The van der Waals surface area contributed by atoms with Crippen LogP contribution < -0.4 is 0 Å². The number of H-pyrrole nitrogens is 1. The highest BCUT2D eigenvalue weighted by Gasteiger charge is 2.15. The predicted molar refractivity (Wildman–Crippen MR) is 103 cm³/mol. The minimum atomic E-state index is 0.0237. The van der Waals surface area contributed by atoms with Gasteiger partial charge in [0, 0.05) is 18.6 Å². The van der Waals surface area contributed by atoms with Gasteiger partial charge in [-0.25, -0.2) is 10.1 Å². The Bertz CT molecular complexity index is 1090. The maximum absolute atomic E-state index is 12.5. The largest absolute Gasteiger partial charge is 0.341 e. The molecule has 1 amide bonds. The Morgan fingerprint density at radius 3 is 2.96 bits per heavy atom. The van der Waals surface area contributed by atoms with Gasteiger partial charge in [0.15, 0.2) is 5.16 Å². The van der Waals surface area contributed by atoms with Gasteiger partial charge in [-0.1, -0.05) is 47.6 Å². The van der Waals surface area contributed by atoms with Gasteiger partial charge < -0.3 is 4.90 Å². The van der Waals surface area contributed by atoms with Crippen molar-refractivity contribution in [3.63, 3.8) is 0 Å². The summed E-state index contributed by atoms with van der Waals surface area (Å²) < 4.78 is 1.93. The van der Waals surface area contributed by atoms with Crippen LogP contribution in [0.25, 0.3) is 16.8 Å². The number of para-hydroxylation sites is 2. The molecule has 0 radical (unpaired) electrons. The summed E-state index contributed by atoms with van der Waals surface area (Å²) in [7, 11) is 1.79. The SMILES string of the molecule is CN(Cc1cccc(Cl)c1)C(=O)CSc1n[nH]c2nc3ccccc3n12. The summed E-state index contributed by atoms with van der Waals surface area (Å²) in [5.41, 5.74) is 2.87. The van der Waals surface area contributed by atoms with Crippen molar-refractivity contribution in [1.29, 1.82) is 0 Å². The molecule has 4 rings (SSSR count). The first-order valence-corrected chi connectivity index (χ1v) is 9.41. The molecule has 0 aliphatic carbocycles. The zero-order valence-corrected chi connectivity index (χ0v) is 15.6. The van der Waals surface area contributed by atoms with E-state index in [1.807, 2.05) is 52.9 Å². The van der Waals surface area contributed by atoms with Crippen LogP contribution in [0.1, 0.15) is 5.56 Å². The summed E-state index contributed by atoms with van der Waals surface area (Å²) in [5, 5.41) is 8.59. The highest BCUT2D eigenvalue weighted by molar-refractivity contribution is 7.99. The van der Waals surface area contributed by atoms with E-state index in [1.54, 1.807) is 11.9 Å². The molecule has 0 aliphatic heterocycles. The van der Waals surface area contributed by atoms with Gasteiger partial charge >= 0.3 is 0 Å². The molecule has 8 heteroatoms. The van der Waals surface area contributed by atoms with Crippen LogP contribution in [-0.4, -0.2) is 43.2 Å². The van der Waals surface area contributed by atoms with Crippen molar-refractivity contribution in [1.82, 2.24) is 24.5 Å². The zero-order valence-electron chi connectivity index (χ0n) is 14.0. The Kier molecular flexibility index (Phi) is 4.57. The number of nitrogens with zero attached hydrogens (tertiary/aromatic N) is 4. The number of hydrogen-bond donors (Lipinski definition) is 1. The zero-order chi connectivity index (χ0) is 18.1. The van der Waals surface area contributed by atoms with Gasteiger partial charge in [0.2, 0.25) is 11.7 Å². The summed E-state index contributed by atoms with van der Waals surface area (Å²) in [6, 6.07) is 15.4. The van der Waals surface area contributed by atoms with E-state index >= 15 is 0 Å². The van der Waals surface area contributed by atoms with Crippen LogP contribution in [0, 0.1) is 0 Å². The summed E-state index contributed by atoms with van der Waals surface area (Å²) >= 11 is 7.39. The van der Waals surface area contributed by atoms with E-state index in [2.05, 4.69) is 15.2 Å². The first kappa shape index (κ1) is 16.9. The second-order valence-electron chi connectivity index (χ2n) is 5.93. The van der Waals surface area contributed by atoms with Crippen molar-refractivity contribution in [2.75, 3.05) is 12.8 Å². The number of carbonyl (C=O) groups is 1. The molecule has 26 heavy (non-hydrogen) atoms. The van der Waals surface area contributed by atoms with Gasteiger partial charge in [-0.05, 0) is 29.8 Å². The molecule has 0 unspecified atom stereocenters. The van der Waals surface area contributed by atoms with Crippen LogP contribution in [0.5, 0.6) is 0 Å². The molecule has 0 fully saturated rings. The van der Waals surface area contributed by atoms with E-state index in [1.165, 1.54) is 11.8 Å². The summed E-state index contributed by atoms with van der Waals surface area (Å²) in [5.74, 6) is 0.993. The average Bonchev–Trinajstić information content (AvgIpc) is 3.19. The smallest absolute Gasteiger partial charge is 0.233 e. The monoisotopic (exact) mass is 385 g/mol. The number of imidazole rings is 1. The number of rotatable bonds is 5. The summed E-state index contributed by atoms with van der Waals surface area (Å²) in [6.07, 6.45) is 0. The van der Waals surface area contributed by atoms with Crippen LogP contribution in [-0.2, 0) is 11.3 Å². The molecule has 0 saturated heterocycles. The van der Waals surface area contributed by atoms with Crippen LogP contribution in [0.4, 0.5) is 0 Å². The number of fused-ring (bicyclic) bond motifs is 3. The second-order valence-corrected chi connectivity index (χ2v) is 7.31. The third-order valence-corrected chi connectivity index (χ3v) is 5.22. The first-order chi connectivity index (χ1) is 12.6. The molecule has 0 bridgehead atoms. The summed E-state index contributed by atoms with van der Waals surface area (Å²) in [6.45, 7) is 0.518. The highest BCUT2D eigenvalue weighted by Crippen LogP contribution is 2.23. The van der Waals surface area contributed by atoms with Gasteiger partial charge in [0.25, 0.3) is 0 Å². The Hall–Kier alpha value is -2.51. The standard InChI is InChI=1S/C18H16ClN5OS/c1-23(10-12-5-4-6-13(19)9-12)16(25)11-26-18-22-21-17-20-14-7-2-3-8-15(14)24(17)18/h2-9H,10-11H2,1H3,(H,20,21). The number of thioether (sulfide) groups is 1. The highest BCUT2D eigenvalue weighted by atomic mass is 35.5. The van der Waals surface area contributed by atoms with E-state index in [4.69, 9.17) is 11.6 Å². The molecular formula is C18H16ClN5OS. The number of aromatic nitrogens is 4. The Labute approximate surface area is 159 Å². The van der Waals surface area contributed by atoms with Gasteiger partial charge in [0.1, 0.15) is 0 Å². The van der Waals surface area contributed by atoms with Crippen LogP contribution in [0.15, 0.2) is 53.7 Å². The third-order valence-electron chi connectivity index (χ3n) is 4.06. The number of amides is 1. The quantitative estimate of drug-likeness (QED) is 0.533. The molecule has 2 heterocycles. The number of benzene rings is 2. The molecule has 0 atom stereocenters. The van der Waals surface area contributed by atoms with Gasteiger partial charge in [0.05, 0.1) is 16.8 Å². The van der Waals surface area contributed by atoms with E-state index in [0.29, 0.717) is 23.1 Å². The molecule has 2 aromatic carbocycles. The Morgan fingerprint density at radius 2 is 2.12 bits per heavy atom. The van der Waals surface area contributed by atoms with Crippen molar-refractivity contribution in [2.45, 2.75) is 11.7 Å². The van der Waals surface area contributed by atoms with Crippen molar-refractivity contribution in [2.24, 2.45) is 0 Å². The van der Waals surface area contributed by atoms with Crippen molar-refractivity contribution in [3.05, 3.63) is 59.1 Å².